The number of nitrogens with zero attached hydrogens (tertiary/aromatic N) is 1. The van der Waals surface area contributed by atoms with E-state index in [1.54, 1.807) is 32.3 Å². The van der Waals surface area contributed by atoms with Gasteiger partial charge >= 0.3 is 5.97 Å². The lowest BCUT2D eigenvalue weighted by Gasteiger charge is -2.23. The highest BCUT2D eigenvalue weighted by Gasteiger charge is 2.27. The van der Waals surface area contributed by atoms with Crippen LogP contribution in [0.5, 0.6) is 0 Å². The number of rotatable bonds is 6. The van der Waals surface area contributed by atoms with Gasteiger partial charge in [0.15, 0.2) is 0 Å². The summed E-state index contributed by atoms with van der Waals surface area (Å²) >= 11 is 0. The first kappa shape index (κ1) is 15.9. The maximum Gasteiger partial charge on any atom is 0.341 e. The molecule has 0 spiro atoms. The van der Waals surface area contributed by atoms with Gasteiger partial charge in [-0.25, -0.2) is 9.78 Å². The third-order valence-electron chi connectivity index (χ3n) is 2.84. The van der Waals surface area contributed by atoms with Gasteiger partial charge in [-0.2, -0.15) is 0 Å². The van der Waals surface area contributed by atoms with Crippen molar-refractivity contribution in [3.8, 4) is 0 Å². The number of nitrogens with one attached hydrogen (secondary N) is 2. The standard InChI is InChI=1S/C14H21N3O3/c1-5-20-12(18)10-7-6-8-16-11(10)17-9-14(2,3)13(19)15-4/h6-8H,5,9H2,1-4H3,(H,15,19)(H,16,17). The van der Waals surface area contributed by atoms with E-state index in [0.717, 1.165) is 0 Å². The zero-order valence-corrected chi connectivity index (χ0v) is 12.3. The third-order valence-corrected chi connectivity index (χ3v) is 2.84. The average Bonchev–Trinajstić information content (AvgIpc) is 2.44. The predicted octanol–water partition coefficient (Wildman–Crippen LogP) is 1.44. The van der Waals surface area contributed by atoms with Crippen LogP contribution < -0.4 is 10.6 Å². The zero-order valence-electron chi connectivity index (χ0n) is 12.3. The molecular formula is C14H21N3O3. The largest absolute Gasteiger partial charge is 0.462 e. The molecule has 0 saturated heterocycles. The maximum atomic E-state index is 11.8. The summed E-state index contributed by atoms with van der Waals surface area (Å²) in [5.74, 6) is -0.0950. The maximum absolute atomic E-state index is 11.8. The minimum absolute atomic E-state index is 0.0846. The van der Waals surface area contributed by atoms with Crippen LogP contribution in [-0.2, 0) is 9.53 Å². The molecule has 1 heterocycles. The van der Waals surface area contributed by atoms with Crippen molar-refractivity contribution < 1.29 is 14.3 Å². The van der Waals surface area contributed by atoms with Crippen molar-refractivity contribution in [2.75, 3.05) is 25.5 Å². The van der Waals surface area contributed by atoms with Gasteiger partial charge in [0.1, 0.15) is 11.4 Å². The Bertz CT molecular complexity index is 486. The van der Waals surface area contributed by atoms with Crippen LogP contribution in [0.4, 0.5) is 5.82 Å². The van der Waals surface area contributed by atoms with Gasteiger partial charge in [-0.15, -0.1) is 0 Å². The monoisotopic (exact) mass is 279 g/mol. The van der Waals surface area contributed by atoms with Crippen molar-refractivity contribution in [1.29, 1.82) is 0 Å². The number of hydrogen-bond donors (Lipinski definition) is 2. The molecule has 0 saturated carbocycles. The Balaban J connectivity index is 2.83. The number of aromatic nitrogens is 1. The highest BCUT2D eigenvalue weighted by Crippen LogP contribution is 2.18. The summed E-state index contributed by atoms with van der Waals surface area (Å²) in [6.07, 6.45) is 1.58. The number of amides is 1. The van der Waals surface area contributed by atoms with E-state index in [2.05, 4.69) is 15.6 Å². The fourth-order valence-electron chi connectivity index (χ4n) is 1.64. The lowest BCUT2D eigenvalue weighted by atomic mass is 9.92. The van der Waals surface area contributed by atoms with Gasteiger partial charge in [-0.3, -0.25) is 4.79 Å². The van der Waals surface area contributed by atoms with Crippen molar-refractivity contribution in [2.45, 2.75) is 20.8 Å². The van der Waals surface area contributed by atoms with Gasteiger partial charge in [-0.1, -0.05) is 0 Å². The summed E-state index contributed by atoms with van der Waals surface area (Å²) in [4.78, 5) is 27.6. The third kappa shape index (κ3) is 3.94. The Morgan fingerprint density at radius 2 is 2.10 bits per heavy atom. The van der Waals surface area contributed by atoms with Crippen LogP contribution in [0.1, 0.15) is 31.1 Å². The highest BCUT2D eigenvalue weighted by atomic mass is 16.5. The SMILES string of the molecule is CCOC(=O)c1cccnc1NCC(C)(C)C(=O)NC. The summed E-state index contributed by atoms with van der Waals surface area (Å²) in [5, 5.41) is 5.64. The molecule has 110 valence electrons. The minimum atomic E-state index is -0.613. The molecule has 2 N–H and O–H groups in total. The molecule has 0 aliphatic rings. The molecule has 0 radical (unpaired) electrons. The van der Waals surface area contributed by atoms with E-state index in [0.29, 0.717) is 24.5 Å². The molecule has 1 aromatic rings. The van der Waals surface area contributed by atoms with E-state index in [1.165, 1.54) is 0 Å². The van der Waals surface area contributed by atoms with E-state index in [1.807, 2.05) is 13.8 Å². The number of carbonyl (C=O) groups excluding carboxylic acids is 2. The Hall–Kier alpha value is -2.11. The topological polar surface area (TPSA) is 80.3 Å². The van der Waals surface area contributed by atoms with Gasteiger partial charge in [0, 0.05) is 19.8 Å². The quantitative estimate of drug-likeness (QED) is 0.770. The number of hydrogen-bond acceptors (Lipinski definition) is 5. The second-order valence-corrected chi connectivity index (χ2v) is 4.94. The molecule has 6 heteroatoms. The van der Waals surface area contributed by atoms with E-state index in [4.69, 9.17) is 4.74 Å². The van der Waals surface area contributed by atoms with Gasteiger partial charge in [0.05, 0.1) is 12.0 Å². The molecule has 1 aromatic heterocycles. The first-order valence-corrected chi connectivity index (χ1v) is 6.50. The molecule has 0 bridgehead atoms. The first-order chi connectivity index (χ1) is 9.42. The number of carbonyl (C=O) groups is 2. The second-order valence-electron chi connectivity index (χ2n) is 4.94. The zero-order chi connectivity index (χ0) is 15.2. The van der Waals surface area contributed by atoms with Crippen LogP contribution in [0, 0.1) is 5.41 Å². The lowest BCUT2D eigenvalue weighted by Crippen LogP contribution is -2.39. The van der Waals surface area contributed by atoms with Crippen molar-refractivity contribution in [3.05, 3.63) is 23.9 Å². The van der Waals surface area contributed by atoms with Crippen LogP contribution in [0.2, 0.25) is 0 Å². The van der Waals surface area contributed by atoms with Crippen LogP contribution in [0.15, 0.2) is 18.3 Å². The molecule has 20 heavy (non-hydrogen) atoms. The first-order valence-electron chi connectivity index (χ1n) is 6.50. The summed E-state index contributed by atoms with van der Waals surface area (Å²) < 4.78 is 4.97. The molecule has 6 nitrogen and oxygen atoms in total. The Morgan fingerprint density at radius 3 is 2.70 bits per heavy atom. The average molecular weight is 279 g/mol. The molecule has 0 unspecified atom stereocenters. The molecule has 0 aromatic carbocycles. The Morgan fingerprint density at radius 1 is 1.40 bits per heavy atom. The molecular weight excluding hydrogens is 258 g/mol. The molecule has 0 aliphatic heterocycles. The fourth-order valence-corrected chi connectivity index (χ4v) is 1.64. The van der Waals surface area contributed by atoms with E-state index in [9.17, 15) is 9.59 Å². The van der Waals surface area contributed by atoms with Crippen LogP contribution in [0.3, 0.4) is 0 Å². The molecule has 0 aliphatic carbocycles. The predicted molar refractivity (Wildman–Crippen MR) is 76.5 cm³/mol. The van der Waals surface area contributed by atoms with Crippen molar-refractivity contribution >= 4 is 17.7 Å². The van der Waals surface area contributed by atoms with Gasteiger partial charge in [-0.05, 0) is 32.9 Å². The van der Waals surface area contributed by atoms with Gasteiger partial charge in [0.25, 0.3) is 0 Å². The highest BCUT2D eigenvalue weighted by molar-refractivity contribution is 5.94. The minimum Gasteiger partial charge on any atom is -0.462 e. The Kier molecular flexibility index (Phi) is 5.49. The number of anilines is 1. The van der Waals surface area contributed by atoms with E-state index >= 15 is 0 Å². The van der Waals surface area contributed by atoms with Crippen LogP contribution in [-0.4, -0.2) is 37.1 Å². The van der Waals surface area contributed by atoms with Crippen molar-refractivity contribution in [2.24, 2.45) is 5.41 Å². The normalized spacial score (nSPS) is 10.8. The summed E-state index contributed by atoms with van der Waals surface area (Å²) in [6.45, 7) is 6.03. The van der Waals surface area contributed by atoms with Crippen molar-refractivity contribution in [3.63, 3.8) is 0 Å². The second kappa shape index (κ2) is 6.88. The Labute approximate surface area is 118 Å². The fraction of sp³-hybridized carbons (Fsp3) is 0.500. The van der Waals surface area contributed by atoms with Crippen LogP contribution in [0.25, 0.3) is 0 Å². The molecule has 1 amide bonds. The van der Waals surface area contributed by atoms with Crippen LogP contribution >= 0.6 is 0 Å². The van der Waals surface area contributed by atoms with E-state index in [-0.39, 0.29) is 5.91 Å². The lowest BCUT2D eigenvalue weighted by molar-refractivity contribution is -0.128. The summed E-state index contributed by atoms with van der Waals surface area (Å²) in [5.41, 5.74) is -0.250. The van der Waals surface area contributed by atoms with E-state index < -0.39 is 11.4 Å². The molecule has 0 fully saturated rings. The number of pyridine rings is 1. The number of ether oxygens (including phenoxy) is 1. The van der Waals surface area contributed by atoms with Crippen molar-refractivity contribution in [1.82, 2.24) is 10.3 Å². The summed E-state index contributed by atoms with van der Waals surface area (Å²) in [7, 11) is 1.59. The van der Waals surface area contributed by atoms with Gasteiger partial charge in [0.2, 0.25) is 5.91 Å². The smallest absolute Gasteiger partial charge is 0.341 e. The summed E-state index contributed by atoms with van der Waals surface area (Å²) in [6, 6.07) is 3.31. The number of esters is 1. The molecule has 1 rings (SSSR count). The van der Waals surface area contributed by atoms with Gasteiger partial charge < -0.3 is 15.4 Å². The molecule has 0 atom stereocenters.